The van der Waals surface area contributed by atoms with Crippen molar-refractivity contribution in [1.29, 1.82) is 0 Å². The van der Waals surface area contributed by atoms with Crippen LogP contribution in [0.2, 0.25) is 0 Å². The van der Waals surface area contributed by atoms with Crippen LogP contribution < -0.4 is 0 Å². The molecule has 1 aliphatic rings. The number of fused-ring (bicyclic) bond motifs is 3. The van der Waals surface area contributed by atoms with E-state index >= 15 is 0 Å². The largest absolute Gasteiger partial charge is 0.264 e. The van der Waals surface area contributed by atoms with Gasteiger partial charge in [-0.25, -0.2) is 9.97 Å². The summed E-state index contributed by atoms with van der Waals surface area (Å²) in [7, 11) is 0. The molecule has 3 nitrogen and oxygen atoms in total. The zero-order valence-electron chi connectivity index (χ0n) is 22.0. The molecule has 39 heavy (non-hydrogen) atoms. The van der Waals surface area contributed by atoms with Gasteiger partial charge in [-0.3, -0.25) is 4.98 Å². The number of hydrogen-bond donors (Lipinski definition) is 0. The fraction of sp³-hybridized carbons (Fsp3) is 0.0833. The number of hydrogen-bond acceptors (Lipinski definition) is 3. The molecule has 0 saturated heterocycles. The van der Waals surface area contributed by atoms with Crippen molar-refractivity contribution >= 4 is 0 Å². The van der Waals surface area contributed by atoms with E-state index in [-0.39, 0.29) is 5.41 Å². The van der Waals surface area contributed by atoms with Crippen LogP contribution in [-0.2, 0) is 5.41 Å². The average molecular weight is 502 g/mol. The highest BCUT2D eigenvalue weighted by molar-refractivity contribution is 5.84. The van der Waals surface area contributed by atoms with Gasteiger partial charge in [0, 0.05) is 34.5 Å². The summed E-state index contributed by atoms with van der Waals surface area (Å²) in [6.07, 6.45) is 3.68. The molecule has 0 N–H and O–H groups in total. The van der Waals surface area contributed by atoms with Crippen molar-refractivity contribution in [1.82, 2.24) is 15.0 Å². The van der Waals surface area contributed by atoms with Gasteiger partial charge < -0.3 is 0 Å². The monoisotopic (exact) mass is 501 g/mol. The van der Waals surface area contributed by atoms with Crippen LogP contribution in [0.4, 0.5) is 0 Å². The predicted octanol–water partition coefficient (Wildman–Crippen LogP) is 8.85. The molecule has 0 radical (unpaired) electrons. The van der Waals surface area contributed by atoms with Gasteiger partial charge in [0.25, 0.3) is 0 Å². The first-order valence-electron chi connectivity index (χ1n) is 13.3. The molecule has 2 aromatic heterocycles. The Kier molecular flexibility index (Phi) is 5.45. The van der Waals surface area contributed by atoms with Gasteiger partial charge in [-0.15, -0.1) is 0 Å². The fourth-order valence-corrected chi connectivity index (χ4v) is 5.69. The fourth-order valence-electron chi connectivity index (χ4n) is 5.69. The van der Waals surface area contributed by atoms with Gasteiger partial charge >= 0.3 is 0 Å². The molecule has 0 saturated carbocycles. The van der Waals surface area contributed by atoms with E-state index in [2.05, 4.69) is 110 Å². The van der Waals surface area contributed by atoms with Crippen molar-refractivity contribution < 1.29 is 0 Å². The van der Waals surface area contributed by atoms with Crippen molar-refractivity contribution in [2.24, 2.45) is 0 Å². The van der Waals surface area contributed by atoms with E-state index in [9.17, 15) is 0 Å². The molecule has 0 fully saturated rings. The van der Waals surface area contributed by atoms with Gasteiger partial charge in [0.1, 0.15) is 0 Å². The standard InChI is InChI=1S/C36H27N3/c1-36(2)31-13-7-6-12-29(31)30-19-18-27(21-32(30)36)34-22-33(38-35(39-34)26-9-4-3-5-10-26)25-16-14-24(15-17-25)28-11-8-20-37-23-28/h3-23H,1-2H3. The van der Waals surface area contributed by atoms with Crippen LogP contribution in [0.5, 0.6) is 0 Å². The normalized spacial score (nSPS) is 13.1. The van der Waals surface area contributed by atoms with Gasteiger partial charge in [-0.1, -0.05) is 111 Å². The first-order valence-corrected chi connectivity index (χ1v) is 13.3. The third kappa shape index (κ3) is 4.04. The van der Waals surface area contributed by atoms with Crippen LogP contribution in [-0.4, -0.2) is 15.0 Å². The summed E-state index contributed by atoms with van der Waals surface area (Å²) < 4.78 is 0. The van der Waals surface area contributed by atoms with E-state index in [1.165, 1.54) is 22.3 Å². The zero-order chi connectivity index (χ0) is 26.4. The molecule has 0 aliphatic heterocycles. The molecule has 2 heterocycles. The highest BCUT2D eigenvalue weighted by atomic mass is 14.9. The van der Waals surface area contributed by atoms with Crippen LogP contribution in [0, 0.1) is 0 Å². The second-order valence-electron chi connectivity index (χ2n) is 10.6. The van der Waals surface area contributed by atoms with Crippen molar-refractivity contribution in [2.75, 3.05) is 0 Å². The molecule has 0 atom stereocenters. The molecular weight excluding hydrogens is 474 g/mol. The van der Waals surface area contributed by atoms with Crippen LogP contribution in [0.25, 0.3) is 56.2 Å². The lowest BCUT2D eigenvalue weighted by atomic mass is 9.82. The summed E-state index contributed by atoms with van der Waals surface area (Å²) in [4.78, 5) is 14.3. The van der Waals surface area contributed by atoms with E-state index in [4.69, 9.17) is 9.97 Å². The molecule has 3 heteroatoms. The van der Waals surface area contributed by atoms with E-state index in [1.54, 1.807) is 6.20 Å². The Bertz CT molecular complexity index is 1810. The second kappa shape index (κ2) is 9.14. The number of pyridine rings is 1. The third-order valence-corrected chi connectivity index (χ3v) is 7.81. The Morgan fingerprint density at radius 2 is 1.13 bits per heavy atom. The van der Waals surface area contributed by atoms with Crippen molar-refractivity contribution in [3.05, 3.63) is 139 Å². The Balaban J connectivity index is 1.35. The summed E-state index contributed by atoms with van der Waals surface area (Å²) in [6, 6.07) is 40.4. The van der Waals surface area contributed by atoms with Crippen molar-refractivity contribution in [3.63, 3.8) is 0 Å². The summed E-state index contributed by atoms with van der Waals surface area (Å²) in [6.45, 7) is 4.62. The molecule has 4 aromatic carbocycles. The van der Waals surface area contributed by atoms with Gasteiger partial charge in [-0.2, -0.15) is 0 Å². The Morgan fingerprint density at radius 3 is 1.90 bits per heavy atom. The third-order valence-electron chi connectivity index (χ3n) is 7.81. The molecular formula is C36H27N3. The number of aromatic nitrogens is 3. The Hall–Kier alpha value is -4.89. The van der Waals surface area contributed by atoms with E-state index in [0.29, 0.717) is 0 Å². The molecule has 0 spiro atoms. The van der Waals surface area contributed by atoms with Crippen LogP contribution >= 0.6 is 0 Å². The van der Waals surface area contributed by atoms with E-state index < -0.39 is 0 Å². The Labute approximate surface area is 228 Å². The highest BCUT2D eigenvalue weighted by Gasteiger charge is 2.35. The van der Waals surface area contributed by atoms with Gasteiger partial charge in [0.15, 0.2) is 5.82 Å². The van der Waals surface area contributed by atoms with Crippen molar-refractivity contribution in [3.8, 4) is 56.2 Å². The molecule has 7 rings (SSSR count). The maximum atomic E-state index is 5.07. The highest BCUT2D eigenvalue weighted by Crippen LogP contribution is 2.49. The number of rotatable bonds is 4. The smallest absolute Gasteiger partial charge is 0.160 e. The van der Waals surface area contributed by atoms with Crippen LogP contribution in [0.15, 0.2) is 128 Å². The molecule has 0 bridgehead atoms. The molecule has 6 aromatic rings. The predicted molar refractivity (Wildman–Crippen MR) is 159 cm³/mol. The average Bonchev–Trinajstić information content (AvgIpc) is 3.24. The molecule has 186 valence electrons. The van der Waals surface area contributed by atoms with E-state index in [1.807, 2.05) is 30.5 Å². The summed E-state index contributed by atoms with van der Waals surface area (Å²) >= 11 is 0. The lowest BCUT2D eigenvalue weighted by Gasteiger charge is -2.22. The first-order chi connectivity index (χ1) is 19.1. The molecule has 0 unspecified atom stereocenters. The Morgan fingerprint density at radius 1 is 0.487 bits per heavy atom. The van der Waals surface area contributed by atoms with Crippen LogP contribution in [0.1, 0.15) is 25.0 Å². The lowest BCUT2D eigenvalue weighted by molar-refractivity contribution is 0.660. The van der Waals surface area contributed by atoms with Gasteiger partial charge in [0.05, 0.1) is 11.4 Å². The lowest BCUT2D eigenvalue weighted by Crippen LogP contribution is -2.14. The maximum absolute atomic E-state index is 5.07. The van der Waals surface area contributed by atoms with Crippen LogP contribution in [0.3, 0.4) is 0 Å². The van der Waals surface area contributed by atoms with E-state index in [0.717, 1.165) is 45.0 Å². The van der Waals surface area contributed by atoms with Gasteiger partial charge in [-0.05, 0) is 51.6 Å². The minimum atomic E-state index is -0.0673. The van der Waals surface area contributed by atoms with Gasteiger partial charge in [0.2, 0.25) is 0 Å². The summed E-state index contributed by atoms with van der Waals surface area (Å²) in [5, 5.41) is 0. The quantitative estimate of drug-likeness (QED) is 0.242. The zero-order valence-corrected chi connectivity index (χ0v) is 22.0. The SMILES string of the molecule is CC1(C)c2ccccc2-c2ccc(-c3cc(-c4ccc(-c5cccnc5)cc4)nc(-c4ccccc4)n3)cc21. The maximum Gasteiger partial charge on any atom is 0.160 e. The number of nitrogens with zero attached hydrogens (tertiary/aromatic N) is 3. The number of benzene rings is 4. The first kappa shape index (κ1) is 23.2. The second-order valence-corrected chi connectivity index (χ2v) is 10.6. The summed E-state index contributed by atoms with van der Waals surface area (Å²) in [5.74, 6) is 0.725. The van der Waals surface area contributed by atoms with Crippen molar-refractivity contribution in [2.45, 2.75) is 19.3 Å². The minimum Gasteiger partial charge on any atom is -0.264 e. The molecule has 0 amide bonds. The summed E-state index contributed by atoms with van der Waals surface area (Å²) in [5.41, 5.74) is 12.5. The molecule has 1 aliphatic carbocycles. The minimum absolute atomic E-state index is 0.0673. The topological polar surface area (TPSA) is 38.7 Å².